The van der Waals surface area contributed by atoms with Gasteiger partial charge in [0.05, 0.1) is 11.0 Å². The minimum Gasteiger partial charge on any atom is -0.455 e. The zero-order valence-electron chi connectivity index (χ0n) is 66.2. The summed E-state index contributed by atoms with van der Waals surface area (Å²) in [4.78, 5) is 30.6. The van der Waals surface area contributed by atoms with Crippen molar-refractivity contribution in [3.63, 3.8) is 0 Å². The molecule has 22 rings (SSSR count). The number of rotatable bonds is 17. The minimum atomic E-state index is 0.591. The Kier molecular flexibility index (Phi) is 18.4. The molecule has 570 valence electrons. The smallest absolute Gasteiger partial charge is 0.164 e. The molecule has 22 aromatic rings. The van der Waals surface area contributed by atoms with Gasteiger partial charge in [0.2, 0.25) is 0 Å². The average molecular weight is 1560 g/mol. The quantitative estimate of drug-likeness (QED) is 0.0896. The number of fused-ring (bicyclic) bond motifs is 6. The van der Waals surface area contributed by atoms with Gasteiger partial charge in [0.15, 0.2) is 34.9 Å². The van der Waals surface area contributed by atoms with Gasteiger partial charge in [0.25, 0.3) is 0 Å². The molecular weight excluding hydrogens is 1480 g/mol. The molecule has 0 saturated carbocycles. The van der Waals surface area contributed by atoms with Gasteiger partial charge in [-0.05, 0) is 215 Å². The summed E-state index contributed by atoms with van der Waals surface area (Å²) in [5, 5.41) is 4.49. The number of hydrogen-bond acceptors (Lipinski definition) is 7. The SMILES string of the molecule is c1ccc(-c2cccc(-c3cccc(-c4ccc5c(c4)c4ccccc4n5-c4ccc(-c5cccc(-c6cc(-c7cc(-c8cccc(-c9cccc(-c%10nc(-c%11ccccc%11)nc(-c%11ccccc%11)n%10)c9)c8)cc(-c8cccc(-c9cccc(-c%10nc(-c%11ccccc%11)nc(-c%11ccccc%11)n%10)c9)c8)c7)c7oc8ccccc8c7c6)c5)cc4)c3)c2)cc1. The molecule has 4 aromatic heterocycles. The number of hydrogen-bond donors (Lipinski definition) is 0. The van der Waals surface area contributed by atoms with E-state index in [2.05, 4.69) is 326 Å². The second kappa shape index (κ2) is 31.2. The van der Waals surface area contributed by atoms with Crippen LogP contribution < -0.4 is 0 Å². The van der Waals surface area contributed by atoms with Gasteiger partial charge < -0.3 is 8.98 Å². The minimum absolute atomic E-state index is 0.591. The fourth-order valence-electron chi connectivity index (χ4n) is 17.1. The number of para-hydroxylation sites is 2. The Morgan fingerprint density at radius 1 is 0.156 bits per heavy atom. The van der Waals surface area contributed by atoms with Crippen LogP contribution in [0.25, 0.3) is 229 Å². The Bertz CT molecular complexity index is 7390. The van der Waals surface area contributed by atoms with E-state index in [1.165, 1.54) is 44.2 Å². The van der Waals surface area contributed by atoms with E-state index in [9.17, 15) is 0 Å². The lowest BCUT2D eigenvalue weighted by molar-refractivity contribution is 0.670. The van der Waals surface area contributed by atoms with E-state index < -0.39 is 0 Å². The molecule has 0 aliphatic carbocycles. The molecule has 0 N–H and O–H groups in total. The molecule has 0 amide bonds. The molecule has 0 unspecified atom stereocenters. The maximum absolute atomic E-state index is 7.12. The van der Waals surface area contributed by atoms with Crippen molar-refractivity contribution in [2.24, 2.45) is 0 Å². The van der Waals surface area contributed by atoms with Gasteiger partial charge >= 0.3 is 0 Å². The fourth-order valence-corrected chi connectivity index (χ4v) is 17.1. The van der Waals surface area contributed by atoms with Crippen LogP contribution in [0.15, 0.2) is 447 Å². The van der Waals surface area contributed by atoms with Gasteiger partial charge in [0, 0.05) is 66.2 Å². The van der Waals surface area contributed by atoms with Crippen LogP contribution in [0.1, 0.15) is 0 Å². The van der Waals surface area contributed by atoms with Crippen LogP contribution in [0, 0.1) is 0 Å². The molecule has 122 heavy (non-hydrogen) atoms. The van der Waals surface area contributed by atoms with Crippen LogP contribution >= 0.6 is 0 Å². The summed E-state index contributed by atoms with van der Waals surface area (Å²) in [7, 11) is 0. The Morgan fingerprint density at radius 2 is 0.418 bits per heavy atom. The van der Waals surface area contributed by atoms with Crippen molar-refractivity contribution in [2.75, 3.05) is 0 Å². The third kappa shape index (κ3) is 14.0. The molecule has 0 aliphatic rings. The van der Waals surface area contributed by atoms with Gasteiger partial charge in [-0.15, -0.1) is 0 Å². The van der Waals surface area contributed by atoms with E-state index >= 15 is 0 Å². The second-order valence-electron chi connectivity index (χ2n) is 30.9. The first-order chi connectivity index (χ1) is 60.4. The largest absolute Gasteiger partial charge is 0.455 e. The second-order valence-corrected chi connectivity index (χ2v) is 30.9. The molecule has 0 radical (unpaired) electrons. The van der Waals surface area contributed by atoms with Crippen molar-refractivity contribution in [3.8, 4) is 185 Å². The topological polar surface area (TPSA) is 95.4 Å². The average Bonchev–Trinajstić information content (AvgIpc) is 1.58. The van der Waals surface area contributed by atoms with Gasteiger partial charge in [-0.1, -0.05) is 334 Å². The molecule has 18 aromatic carbocycles. The molecule has 0 atom stereocenters. The lowest BCUT2D eigenvalue weighted by Crippen LogP contribution is -2.00. The summed E-state index contributed by atoms with van der Waals surface area (Å²) in [6.45, 7) is 0. The molecule has 0 aliphatic heterocycles. The van der Waals surface area contributed by atoms with Crippen LogP contribution in [-0.4, -0.2) is 34.5 Å². The van der Waals surface area contributed by atoms with Gasteiger partial charge in [0.1, 0.15) is 11.2 Å². The van der Waals surface area contributed by atoms with Crippen molar-refractivity contribution in [3.05, 3.63) is 443 Å². The van der Waals surface area contributed by atoms with E-state index in [-0.39, 0.29) is 0 Å². The van der Waals surface area contributed by atoms with Gasteiger partial charge in [-0.3, -0.25) is 0 Å². The predicted molar refractivity (Wildman–Crippen MR) is 502 cm³/mol. The Balaban J connectivity index is 0.640. The molecule has 4 heterocycles. The third-order valence-corrected chi connectivity index (χ3v) is 23.2. The summed E-state index contributed by atoms with van der Waals surface area (Å²) < 4.78 is 9.52. The monoisotopic (exact) mass is 1560 g/mol. The maximum Gasteiger partial charge on any atom is 0.164 e. The lowest BCUT2D eigenvalue weighted by atomic mass is 9.89. The zero-order valence-corrected chi connectivity index (χ0v) is 66.2. The van der Waals surface area contributed by atoms with Crippen molar-refractivity contribution in [1.82, 2.24) is 34.5 Å². The van der Waals surface area contributed by atoms with E-state index in [4.69, 9.17) is 34.3 Å². The number of benzene rings is 18. The Morgan fingerprint density at radius 3 is 0.836 bits per heavy atom. The standard InChI is InChI=1S/C114H73N7O/c1-6-27-74(28-7-1)80-37-20-39-82(61-80)83-40-22-43-86(63-83)92-57-60-106-103(71-92)100-51-16-18-53-105(100)121(106)99-58-55-75(56-59-99)81-38-21-48-91(62-81)97-72-102(108-104(73-97)101-52-17-19-54-107(101)122-108)98-69-95(89-46-23-41-84(64-89)87-44-25-49-93(66-87)113-117-109(76-29-8-2-9-30-76)115-110(118-113)77-31-10-3-11-32-77)68-96(70-98)90-47-24-42-85(65-90)88-45-26-50-94(67-88)114-119-111(78-33-12-4-13-34-78)116-112(120-114)79-35-14-5-15-36-79/h1-73H. The van der Waals surface area contributed by atoms with Gasteiger partial charge in [-0.2, -0.15) is 0 Å². The normalized spacial score (nSPS) is 11.4. The number of aromatic nitrogens is 7. The van der Waals surface area contributed by atoms with E-state index in [0.717, 1.165) is 150 Å². The molecule has 0 spiro atoms. The van der Waals surface area contributed by atoms with Crippen molar-refractivity contribution in [1.29, 1.82) is 0 Å². The van der Waals surface area contributed by atoms with Crippen molar-refractivity contribution >= 4 is 43.7 Å². The summed E-state index contributed by atoms with van der Waals surface area (Å²) in [6, 6.07) is 157. The van der Waals surface area contributed by atoms with Crippen LogP contribution in [0.4, 0.5) is 0 Å². The van der Waals surface area contributed by atoms with Crippen LogP contribution in [0.3, 0.4) is 0 Å². The summed E-state index contributed by atoms with van der Waals surface area (Å²) in [6.07, 6.45) is 0. The predicted octanol–water partition coefficient (Wildman–Crippen LogP) is 29.7. The van der Waals surface area contributed by atoms with E-state index in [1.54, 1.807) is 0 Å². The number of nitrogens with zero attached hydrogens (tertiary/aromatic N) is 7. The Labute approximate surface area is 706 Å². The van der Waals surface area contributed by atoms with Crippen LogP contribution in [0.2, 0.25) is 0 Å². The highest BCUT2D eigenvalue weighted by atomic mass is 16.3. The highest BCUT2D eigenvalue weighted by Gasteiger charge is 2.22. The van der Waals surface area contributed by atoms with E-state index in [1.807, 2.05) is 121 Å². The summed E-state index contributed by atoms with van der Waals surface area (Å²) in [5.74, 6) is 3.63. The van der Waals surface area contributed by atoms with Crippen molar-refractivity contribution < 1.29 is 4.42 Å². The van der Waals surface area contributed by atoms with E-state index in [0.29, 0.717) is 34.9 Å². The Hall–Kier alpha value is -16.4. The third-order valence-electron chi connectivity index (χ3n) is 23.2. The van der Waals surface area contributed by atoms with Gasteiger partial charge in [-0.25, -0.2) is 29.9 Å². The highest BCUT2D eigenvalue weighted by Crippen LogP contribution is 2.46. The first-order valence-corrected chi connectivity index (χ1v) is 41.2. The van der Waals surface area contributed by atoms with Crippen molar-refractivity contribution in [2.45, 2.75) is 0 Å². The van der Waals surface area contributed by atoms with Crippen LogP contribution in [0.5, 0.6) is 0 Å². The molecule has 8 heteroatoms. The maximum atomic E-state index is 7.12. The first kappa shape index (κ1) is 72.1. The molecule has 0 saturated heterocycles. The van der Waals surface area contributed by atoms with Crippen LogP contribution in [-0.2, 0) is 0 Å². The zero-order chi connectivity index (χ0) is 80.8. The number of furan rings is 1. The molecular formula is C114H73N7O. The highest BCUT2D eigenvalue weighted by molar-refractivity contribution is 6.13. The molecule has 8 nitrogen and oxygen atoms in total. The fraction of sp³-hybridized carbons (Fsp3) is 0. The lowest BCUT2D eigenvalue weighted by Gasteiger charge is -2.15. The summed E-state index contributed by atoms with van der Waals surface area (Å²) in [5.41, 5.74) is 32.2. The first-order valence-electron chi connectivity index (χ1n) is 41.2. The molecule has 0 fully saturated rings. The molecule has 0 bridgehead atoms. The summed E-state index contributed by atoms with van der Waals surface area (Å²) >= 11 is 0.